The molecule has 3 aromatic heterocycles. The zero-order chi connectivity index (χ0) is 28.3. The highest BCUT2D eigenvalue weighted by molar-refractivity contribution is 7.90. The van der Waals surface area contributed by atoms with E-state index in [1.165, 1.54) is 24.3 Å². The molecule has 39 heavy (non-hydrogen) atoms. The number of nitrogens with one attached hydrogen (secondary N) is 1. The first-order valence-corrected chi connectivity index (χ1v) is 14.0. The normalized spacial score (nSPS) is 11.5. The Bertz CT molecular complexity index is 1610. The third-order valence-electron chi connectivity index (χ3n) is 6.02. The average molecular weight is 549 g/mol. The first-order valence-electron chi connectivity index (χ1n) is 12.5. The van der Waals surface area contributed by atoms with Gasteiger partial charge >= 0.3 is 0 Å². The Morgan fingerprint density at radius 3 is 2.46 bits per heavy atom. The van der Waals surface area contributed by atoms with Gasteiger partial charge in [-0.15, -0.1) is 0 Å². The van der Waals surface area contributed by atoms with Gasteiger partial charge in [-0.3, -0.25) is 9.48 Å². The van der Waals surface area contributed by atoms with Gasteiger partial charge in [-0.05, 0) is 68.5 Å². The minimum absolute atomic E-state index is 0.0135. The highest BCUT2D eigenvalue weighted by Crippen LogP contribution is 2.32. The number of rotatable bonds is 9. The van der Waals surface area contributed by atoms with Gasteiger partial charge in [0.1, 0.15) is 17.1 Å². The van der Waals surface area contributed by atoms with E-state index in [0.29, 0.717) is 17.4 Å². The number of benzene rings is 1. The van der Waals surface area contributed by atoms with Crippen LogP contribution in [0.25, 0.3) is 11.3 Å². The fourth-order valence-corrected chi connectivity index (χ4v) is 5.04. The maximum atomic E-state index is 13.3. The lowest BCUT2D eigenvalue weighted by molar-refractivity contribution is 0.0978. The summed E-state index contributed by atoms with van der Waals surface area (Å²) in [4.78, 5) is 21.7. The van der Waals surface area contributed by atoms with Gasteiger partial charge in [-0.2, -0.15) is 13.5 Å². The third kappa shape index (κ3) is 6.61. The fraction of sp³-hybridized carbons (Fsp3) is 0.286. The lowest BCUT2D eigenvalue weighted by atomic mass is 10.1. The van der Waals surface area contributed by atoms with Crippen LogP contribution in [0.15, 0.2) is 59.9 Å². The molecule has 4 rings (SSSR count). The summed E-state index contributed by atoms with van der Waals surface area (Å²) in [5, 5.41) is 4.05. The standard InChI is InChI=1S/C28H32N6O4S/c1-17(2)11-12-34-16-21(15-30-34)23-10-9-22(27(35)33-39(36,37)25-8-6-7-24(29)32-25)28(31-23)38-26-19(4)13-18(3)14-20(26)5/h6-10,13-17H,11-12H2,1-5H3,(H2,29,32)(H,33,35). The van der Waals surface area contributed by atoms with E-state index in [1.54, 1.807) is 12.3 Å². The summed E-state index contributed by atoms with van der Waals surface area (Å²) in [6.45, 7) is 10.8. The van der Waals surface area contributed by atoms with Crippen molar-refractivity contribution in [1.29, 1.82) is 0 Å². The van der Waals surface area contributed by atoms with Crippen molar-refractivity contribution in [2.45, 2.75) is 52.6 Å². The van der Waals surface area contributed by atoms with Crippen LogP contribution in [-0.2, 0) is 16.6 Å². The fourth-order valence-electron chi connectivity index (χ4n) is 4.09. The Hall–Kier alpha value is -4.25. The molecule has 11 heteroatoms. The van der Waals surface area contributed by atoms with Crippen LogP contribution in [0, 0.1) is 26.7 Å². The summed E-state index contributed by atoms with van der Waals surface area (Å²) in [5.74, 6) is 0.134. The van der Waals surface area contributed by atoms with Gasteiger partial charge in [-0.1, -0.05) is 37.6 Å². The van der Waals surface area contributed by atoms with Crippen LogP contribution in [0.5, 0.6) is 11.6 Å². The molecule has 1 amide bonds. The maximum absolute atomic E-state index is 13.3. The molecule has 0 aliphatic rings. The number of hydrogen-bond acceptors (Lipinski definition) is 8. The lowest BCUT2D eigenvalue weighted by Crippen LogP contribution is -2.31. The Morgan fingerprint density at radius 1 is 1.08 bits per heavy atom. The van der Waals surface area contributed by atoms with E-state index in [9.17, 15) is 13.2 Å². The SMILES string of the molecule is Cc1cc(C)c(Oc2nc(-c3cnn(CCC(C)C)c3)ccc2C(=O)NS(=O)(=O)c2cccc(N)n2)c(C)c1. The molecule has 0 aliphatic carbocycles. The molecule has 0 fully saturated rings. The number of nitrogen functional groups attached to an aromatic ring is 1. The molecule has 3 N–H and O–H groups in total. The number of carbonyl (C=O) groups excluding carboxylic acids is 1. The highest BCUT2D eigenvalue weighted by atomic mass is 32.2. The zero-order valence-corrected chi connectivity index (χ0v) is 23.4. The molecule has 0 radical (unpaired) electrons. The summed E-state index contributed by atoms with van der Waals surface area (Å²) in [6, 6.07) is 11.2. The second kappa shape index (κ2) is 11.2. The molecule has 3 heterocycles. The van der Waals surface area contributed by atoms with Crippen LogP contribution in [0.1, 0.15) is 47.3 Å². The molecule has 4 aromatic rings. The first kappa shape index (κ1) is 27.8. The molecule has 0 saturated heterocycles. The van der Waals surface area contributed by atoms with Gasteiger partial charge in [0.05, 0.1) is 11.9 Å². The Kier molecular flexibility index (Phi) is 8.01. The van der Waals surface area contributed by atoms with Crippen LogP contribution < -0.4 is 15.2 Å². The molecule has 0 atom stereocenters. The molecule has 0 spiro atoms. The van der Waals surface area contributed by atoms with Crippen molar-refractivity contribution < 1.29 is 17.9 Å². The van der Waals surface area contributed by atoms with E-state index >= 15 is 0 Å². The van der Waals surface area contributed by atoms with Crippen LogP contribution >= 0.6 is 0 Å². The van der Waals surface area contributed by atoms with E-state index in [4.69, 9.17) is 10.5 Å². The van der Waals surface area contributed by atoms with Crippen molar-refractivity contribution in [3.63, 3.8) is 0 Å². The van der Waals surface area contributed by atoms with Gasteiger partial charge in [0.15, 0.2) is 5.03 Å². The number of nitrogens with two attached hydrogens (primary N) is 1. The second-order valence-corrected chi connectivity index (χ2v) is 11.5. The number of sulfonamides is 1. The smallest absolute Gasteiger partial charge is 0.281 e. The molecule has 0 unspecified atom stereocenters. The van der Waals surface area contributed by atoms with Crippen LogP contribution in [0.2, 0.25) is 0 Å². The third-order valence-corrected chi connectivity index (χ3v) is 7.25. The second-order valence-electron chi connectivity index (χ2n) is 9.89. The number of aromatic nitrogens is 4. The van der Waals surface area contributed by atoms with E-state index in [1.807, 2.05) is 43.8 Å². The number of nitrogens with zero attached hydrogens (tertiary/aromatic N) is 4. The van der Waals surface area contributed by atoms with Crippen LogP contribution in [0.4, 0.5) is 5.82 Å². The molecule has 0 aliphatic heterocycles. The predicted octanol–water partition coefficient (Wildman–Crippen LogP) is 4.80. The number of anilines is 1. The average Bonchev–Trinajstić information content (AvgIpc) is 3.34. The molecule has 1 aromatic carbocycles. The Morgan fingerprint density at radius 2 is 1.79 bits per heavy atom. The first-order chi connectivity index (χ1) is 18.4. The van der Waals surface area contributed by atoms with E-state index in [0.717, 1.165) is 35.2 Å². The maximum Gasteiger partial charge on any atom is 0.281 e. The van der Waals surface area contributed by atoms with Gasteiger partial charge in [0, 0.05) is 18.3 Å². The van der Waals surface area contributed by atoms with E-state index in [-0.39, 0.29) is 22.3 Å². The summed E-state index contributed by atoms with van der Waals surface area (Å²) >= 11 is 0. The predicted molar refractivity (Wildman–Crippen MR) is 149 cm³/mol. The van der Waals surface area contributed by atoms with Gasteiger partial charge in [0.25, 0.3) is 15.9 Å². The number of hydrogen-bond donors (Lipinski definition) is 2. The van der Waals surface area contributed by atoms with Crippen molar-refractivity contribution in [2.24, 2.45) is 5.92 Å². The molecular formula is C28H32N6O4S. The van der Waals surface area contributed by atoms with E-state index < -0.39 is 15.9 Å². The summed E-state index contributed by atoms with van der Waals surface area (Å²) < 4.78 is 35.8. The number of carbonyl (C=O) groups is 1. The van der Waals surface area contributed by atoms with E-state index in [2.05, 4.69) is 33.6 Å². The number of pyridine rings is 2. The van der Waals surface area contributed by atoms with Crippen molar-refractivity contribution in [2.75, 3.05) is 5.73 Å². The number of amides is 1. The number of aryl methyl sites for hydroxylation is 4. The highest BCUT2D eigenvalue weighted by Gasteiger charge is 2.25. The van der Waals surface area contributed by atoms with Gasteiger partial charge in [-0.25, -0.2) is 14.7 Å². The topological polar surface area (TPSA) is 142 Å². The summed E-state index contributed by atoms with van der Waals surface area (Å²) in [5.41, 5.74) is 9.60. The van der Waals surface area contributed by atoms with Crippen molar-refractivity contribution in [1.82, 2.24) is 24.5 Å². The molecule has 204 valence electrons. The number of ether oxygens (including phenoxy) is 1. The van der Waals surface area contributed by atoms with Crippen molar-refractivity contribution in [3.05, 3.63) is 77.1 Å². The summed E-state index contributed by atoms with van der Waals surface area (Å²) in [6.07, 6.45) is 4.56. The van der Waals surface area contributed by atoms with Crippen LogP contribution in [0.3, 0.4) is 0 Å². The zero-order valence-electron chi connectivity index (χ0n) is 22.6. The molecular weight excluding hydrogens is 516 g/mol. The van der Waals surface area contributed by atoms with Crippen molar-refractivity contribution >= 4 is 21.7 Å². The van der Waals surface area contributed by atoms with Gasteiger partial charge in [0.2, 0.25) is 5.88 Å². The van der Waals surface area contributed by atoms with Crippen LogP contribution in [-0.4, -0.2) is 34.1 Å². The molecule has 0 saturated carbocycles. The summed E-state index contributed by atoms with van der Waals surface area (Å²) in [7, 11) is -4.30. The quantitative estimate of drug-likeness (QED) is 0.304. The van der Waals surface area contributed by atoms with Gasteiger partial charge < -0.3 is 10.5 Å². The molecule has 10 nitrogen and oxygen atoms in total. The largest absolute Gasteiger partial charge is 0.438 e. The minimum Gasteiger partial charge on any atom is -0.438 e. The molecule has 0 bridgehead atoms. The lowest BCUT2D eigenvalue weighted by Gasteiger charge is -2.15. The minimum atomic E-state index is -4.30. The Balaban J connectivity index is 1.73. The monoisotopic (exact) mass is 548 g/mol. The Labute approximate surface area is 228 Å². The van der Waals surface area contributed by atoms with Crippen molar-refractivity contribution in [3.8, 4) is 22.9 Å².